The summed E-state index contributed by atoms with van der Waals surface area (Å²) < 4.78 is 5.42. The molecule has 1 amide bonds. The van der Waals surface area contributed by atoms with Gasteiger partial charge in [-0.25, -0.2) is 9.59 Å². The van der Waals surface area contributed by atoms with Crippen molar-refractivity contribution in [1.29, 1.82) is 0 Å². The number of rotatable bonds is 3. The first-order chi connectivity index (χ1) is 12.7. The Bertz CT molecular complexity index is 822. The molecule has 0 saturated carbocycles. The van der Waals surface area contributed by atoms with Crippen LogP contribution >= 0.6 is 12.4 Å². The number of carboxylic acid groups (broad SMARTS) is 1. The third-order valence-electron chi connectivity index (χ3n) is 4.62. The number of aromatic carboxylic acids is 1. The molecule has 2 aromatic rings. The van der Waals surface area contributed by atoms with E-state index in [1.54, 1.807) is 23.4 Å². The van der Waals surface area contributed by atoms with Gasteiger partial charge >= 0.3 is 12.1 Å². The smallest absolute Gasteiger partial charge is 0.410 e. The van der Waals surface area contributed by atoms with Gasteiger partial charge in [0, 0.05) is 48.4 Å². The number of carbonyl (C=O) groups is 2. The van der Waals surface area contributed by atoms with Crippen LogP contribution in [0.3, 0.4) is 0 Å². The lowest BCUT2D eigenvalue weighted by Gasteiger charge is -2.33. The van der Waals surface area contributed by atoms with Crippen molar-refractivity contribution < 1.29 is 19.4 Å². The standard InChI is InChI=1S/C20H25N3O4.ClH/c1-20(2,3)27-19(26)23-10-6-14(7-11-23)17-15(18(24)25)12-16(22-17)13-4-8-21-9-5-13;/h4-5,8-9,12,14,22H,6-7,10-11H2,1-3H3,(H,24,25);1H. The summed E-state index contributed by atoms with van der Waals surface area (Å²) in [6.07, 6.45) is 4.42. The molecule has 1 aliphatic heterocycles. The van der Waals surface area contributed by atoms with Crippen molar-refractivity contribution in [3.05, 3.63) is 41.9 Å². The lowest BCUT2D eigenvalue weighted by atomic mass is 9.91. The molecule has 8 heteroatoms. The number of aromatic nitrogens is 2. The van der Waals surface area contributed by atoms with Crippen LogP contribution in [0.1, 0.15) is 55.6 Å². The molecule has 1 fully saturated rings. The van der Waals surface area contributed by atoms with Crippen LogP contribution in [0.15, 0.2) is 30.6 Å². The van der Waals surface area contributed by atoms with Crippen molar-refractivity contribution in [2.75, 3.05) is 13.1 Å². The Kier molecular flexibility index (Phi) is 6.72. The molecule has 0 atom stereocenters. The maximum atomic E-state index is 12.2. The highest BCUT2D eigenvalue weighted by Crippen LogP contribution is 2.33. The topological polar surface area (TPSA) is 95.5 Å². The third-order valence-corrected chi connectivity index (χ3v) is 4.62. The van der Waals surface area contributed by atoms with Crippen molar-refractivity contribution in [2.45, 2.75) is 45.1 Å². The number of likely N-dealkylation sites (tertiary alicyclic amines) is 1. The molecule has 0 bridgehead atoms. The fourth-order valence-electron chi connectivity index (χ4n) is 3.33. The molecule has 0 aromatic carbocycles. The van der Waals surface area contributed by atoms with Gasteiger partial charge in [-0.1, -0.05) is 0 Å². The lowest BCUT2D eigenvalue weighted by Crippen LogP contribution is -2.41. The number of nitrogens with one attached hydrogen (secondary N) is 1. The first-order valence-corrected chi connectivity index (χ1v) is 9.09. The summed E-state index contributed by atoms with van der Waals surface area (Å²) in [6.45, 7) is 6.62. The molecule has 0 spiro atoms. The Labute approximate surface area is 170 Å². The van der Waals surface area contributed by atoms with Crippen LogP contribution in [0.2, 0.25) is 0 Å². The van der Waals surface area contributed by atoms with Gasteiger partial charge in [-0.15, -0.1) is 12.4 Å². The molecular formula is C20H26ClN3O4. The number of amides is 1. The van der Waals surface area contributed by atoms with Crippen LogP contribution in [0, 0.1) is 0 Å². The number of H-pyrrole nitrogens is 1. The lowest BCUT2D eigenvalue weighted by molar-refractivity contribution is 0.0203. The Hall–Kier alpha value is -2.54. The fraction of sp³-hybridized carbons (Fsp3) is 0.450. The quantitative estimate of drug-likeness (QED) is 0.790. The maximum Gasteiger partial charge on any atom is 0.410 e. The van der Waals surface area contributed by atoms with Crippen LogP contribution in [0.4, 0.5) is 4.79 Å². The summed E-state index contributed by atoms with van der Waals surface area (Å²) in [5, 5.41) is 9.61. The van der Waals surface area contributed by atoms with Crippen LogP contribution in [0.25, 0.3) is 11.3 Å². The number of carbonyl (C=O) groups excluding carboxylic acids is 1. The van der Waals surface area contributed by atoms with Gasteiger partial charge in [-0.05, 0) is 51.8 Å². The molecule has 1 aliphatic rings. The Morgan fingerprint density at radius 2 is 1.82 bits per heavy atom. The van der Waals surface area contributed by atoms with Gasteiger partial charge in [0.2, 0.25) is 0 Å². The number of pyridine rings is 1. The Morgan fingerprint density at radius 1 is 1.21 bits per heavy atom. The van der Waals surface area contributed by atoms with E-state index in [0.29, 0.717) is 25.9 Å². The zero-order valence-electron chi connectivity index (χ0n) is 16.3. The van der Waals surface area contributed by atoms with Gasteiger partial charge in [0.25, 0.3) is 0 Å². The van der Waals surface area contributed by atoms with Crippen molar-refractivity contribution in [1.82, 2.24) is 14.9 Å². The number of aromatic amines is 1. The second kappa shape index (κ2) is 8.65. The van der Waals surface area contributed by atoms with Crippen molar-refractivity contribution >= 4 is 24.5 Å². The first kappa shape index (κ1) is 21.8. The first-order valence-electron chi connectivity index (χ1n) is 9.09. The summed E-state index contributed by atoms with van der Waals surface area (Å²) in [6, 6.07) is 5.35. The summed E-state index contributed by atoms with van der Waals surface area (Å²) in [5.41, 5.74) is 2.14. The number of nitrogens with zero attached hydrogens (tertiary/aromatic N) is 2. The monoisotopic (exact) mass is 407 g/mol. The molecule has 152 valence electrons. The number of piperidine rings is 1. The van der Waals surface area contributed by atoms with Crippen molar-refractivity contribution in [3.8, 4) is 11.3 Å². The number of hydrogen-bond donors (Lipinski definition) is 2. The molecule has 2 N–H and O–H groups in total. The van der Waals surface area contributed by atoms with E-state index in [1.807, 2.05) is 32.9 Å². The molecule has 0 aliphatic carbocycles. The van der Waals surface area contributed by atoms with E-state index in [2.05, 4.69) is 9.97 Å². The van der Waals surface area contributed by atoms with E-state index in [0.717, 1.165) is 17.0 Å². The highest BCUT2D eigenvalue weighted by Gasteiger charge is 2.30. The Morgan fingerprint density at radius 3 is 2.36 bits per heavy atom. The van der Waals surface area contributed by atoms with Crippen LogP contribution in [-0.4, -0.2) is 50.7 Å². The van der Waals surface area contributed by atoms with E-state index < -0.39 is 11.6 Å². The average molecular weight is 408 g/mol. The summed E-state index contributed by atoms with van der Waals surface area (Å²) in [7, 11) is 0. The van der Waals surface area contributed by atoms with Crippen LogP contribution < -0.4 is 0 Å². The van der Waals surface area contributed by atoms with Gasteiger partial charge in [0.1, 0.15) is 5.60 Å². The van der Waals surface area contributed by atoms with E-state index in [1.165, 1.54) is 0 Å². The zero-order chi connectivity index (χ0) is 19.6. The van der Waals surface area contributed by atoms with Crippen LogP contribution in [0.5, 0.6) is 0 Å². The highest BCUT2D eigenvalue weighted by molar-refractivity contribution is 5.91. The van der Waals surface area contributed by atoms with Crippen LogP contribution in [-0.2, 0) is 4.74 Å². The minimum atomic E-state index is -0.948. The molecular weight excluding hydrogens is 382 g/mol. The number of hydrogen-bond acceptors (Lipinski definition) is 4. The molecule has 1 saturated heterocycles. The summed E-state index contributed by atoms with van der Waals surface area (Å²) in [5.74, 6) is -0.887. The number of halogens is 1. The third kappa shape index (κ3) is 5.04. The SMILES string of the molecule is CC(C)(C)OC(=O)N1CCC(c2[nH]c(-c3ccncc3)cc2C(=O)O)CC1.Cl. The number of ether oxygens (including phenoxy) is 1. The Balaban J connectivity index is 0.00000280. The van der Waals surface area contributed by atoms with E-state index in [-0.39, 0.29) is 30.0 Å². The minimum Gasteiger partial charge on any atom is -0.478 e. The second-order valence-electron chi connectivity index (χ2n) is 7.79. The zero-order valence-corrected chi connectivity index (χ0v) is 17.1. The predicted molar refractivity (Wildman–Crippen MR) is 108 cm³/mol. The summed E-state index contributed by atoms with van der Waals surface area (Å²) >= 11 is 0. The van der Waals surface area contributed by atoms with Gasteiger partial charge in [-0.2, -0.15) is 0 Å². The molecule has 3 heterocycles. The van der Waals surface area contributed by atoms with Crippen molar-refractivity contribution in [2.24, 2.45) is 0 Å². The molecule has 3 rings (SSSR count). The molecule has 0 unspecified atom stereocenters. The molecule has 0 radical (unpaired) electrons. The predicted octanol–water partition coefficient (Wildman–Crippen LogP) is 4.31. The van der Waals surface area contributed by atoms with E-state index in [4.69, 9.17) is 4.74 Å². The van der Waals surface area contributed by atoms with Crippen molar-refractivity contribution in [3.63, 3.8) is 0 Å². The molecule has 7 nitrogen and oxygen atoms in total. The van der Waals surface area contributed by atoms with Gasteiger partial charge < -0.3 is 19.7 Å². The molecule has 28 heavy (non-hydrogen) atoms. The normalized spacial score (nSPS) is 15.0. The summed E-state index contributed by atoms with van der Waals surface area (Å²) in [4.78, 5) is 32.9. The average Bonchev–Trinajstić information content (AvgIpc) is 3.07. The largest absolute Gasteiger partial charge is 0.478 e. The minimum absolute atomic E-state index is 0. The number of carboxylic acids is 1. The maximum absolute atomic E-state index is 12.2. The highest BCUT2D eigenvalue weighted by atomic mass is 35.5. The van der Waals surface area contributed by atoms with Gasteiger partial charge in [0.15, 0.2) is 0 Å². The van der Waals surface area contributed by atoms with E-state index >= 15 is 0 Å². The van der Waals surface area contributed by atoms with E-state index in [9.17, 15) is 14.7 Å². The fourth-order valence-corrected chi connectivity index (χ4v) is 3.33. The van der Waals surface area contributed by atoms with Gasteiger partial charge in [0.05, 0.1) is 5.56 Å². The molecule has 2 aromatic heterocycles. The second-order valence-corrected chi connectivity index (χ2v) is 7.79. The van der Waals surface area contributed by atoms with Gasteiger partial charge in [-0.3, -0.25) is 4.98 Å².